The minimum atomic E-state index is -0.412. The molecule has 0 atom stereocenters. The molecule has 0 aromatic heterocycles. The molecular weight excluding hydrogens is 364 g/mol. The van der Waals surface area contributed by atoms with E-state index in [1.165, 1.54) is 65.1 Å². The summed E-state index contributed by atoms with van der Waals surface area (Å²) in [5, 5.41) is 3.94. The molecule has 0 radical (unpaired) electrons. The summed E-state index contributed by atoms with van der Waals surface area (Å²) in [5.74, 6) is 0. The molecule has 1 saturated carbocycles. The zero-order valence-electron chi connectivity index (χ0n) is 19.6. The zero-order chi connectivity index (χ0) is 21.5. The van der Waals surface area contributed by atoms with Gasteiger partial charge < -0.3 is 20.7 Å². The Bertz CT molecular complexity index is 484. The summed E-state index contributed by atoms with van der Waals surface area (Å²) in [7, 11) is 1.50. The molecule has 1 amide bonds. The van der Waals surface area contributed by atoms with Gasteiger partial charge in [0.25, 0.3) is 0 Å². The molecule has 3 aliphatic rings. The van der Waals surface area contributed by atoms with Crippen LogP contribution in [0.15, 0.2) is 0 Å². The summed E-state index contributed by atoms with van der Waals surface area (Å²) in [6.45, 7) is 12.2. The molecule has 0 unspecified atom stereocenters. The van der Waals surface area contributed by atoms with Gasteiger partial charge in [0.2, 0.25) is 0 Å². The van der Waals surface area contributed by atoms with Crippen molar-refractivity contribution in [3.8, 4) is 0 Å². The van der Waals surface area contributed by atoms with E-state index in [9.17, 15) is 4.79 Å². The van der Waals surface area contributed by atoms with Crippen LogP contribution in [0.4, 0.5) is 4.79 Å². The Hall–Kier alpha value is -0.850. The summed E-state index contributed by atoms with van der Waals surface area (Å²) in [4.78, 5) is 16.9. The molecule has 0 spiro atoms. The Morgan fingerprint density at radius 2 is 1.45 bits per heavy atom. The number of hydrogen-bond donors (Lipinski definition) is 2. The second-order valence-corrected chi connectivity index (χ2v) is 10.2. The van der Waals surface area contributed by atoms with Crippen molar-refractivity contribution >= 4 is 6.09 Å². The standard InChI is InChI=1S/C22H41N3O2.CH5N/c1-21(2,3)27-20(26)24-16-12-22(4,13-17-24)25-14-10-19(11-15-25)23-18-8-6-5-7-9-18;1-2/h18-19,23H,5-17H2,1-4H3;2H2,1H3. The normalized spacial score (nSPS) is 24.6. The van der Waals surface area contributed by atoms with Crippen molar-refractivity contribution in [1.29, 1.82) is 0 Å². The van der Waals surface area contributed by atoms with Crippen LogP contribution in [0.3, 0.4) is 0 Å². The number of carbonyl (C=O) groups excluding carboxylic acids is 1. The highest BCUT2D eigenvalue weighted by atomic mass is 16.6. The minimum absolute atomic E-state index is 0.153. The fourth-order valence-corrected chi connectivity index (χ4v) is 5.00. The van der Waals surface area contributed by atoms with E-state index in [1.54, 1.807) is 0 Å². The van der Waals surface area contributed by atoms with Gasteiger partial charge in [-0.2, -0.15) is 0 Å². The fourth-order valence-electron chi connectivity index (χ4n) is 5.00. The van der Waals surface area contributed by atoms with Gasteiger partial charge in [-0.3, -0.25) is 4.90 Å². The monoisotopic (exact) mass is 410 g/mol. The van der Waals surface area contributed by atoms with Crippen molar-refractivity contribution in [2.75, 3.05) is 33.2 Å². The molecular formula is C23H46N4O2. The van der Waals surface area contributed by atoms with Crippen molar-refractivity contribution < 1.29 is 9.53 Å². The van der Waals surface area contributed by atoms with E-state index in [-0.39, 0.29) is 11.6 Å². The maximum atomic E-state index is 12.3. The van der Waals surface area contributed by atoms with Crippen LogP contribution in [0, 0.1) is 0 Å². The van der Waals surface area contributed by atoms with Crippen molar-refractivity contribution in [2.45, 2.75) is 109 Å². The van der Waals surface area contributed by atoms with Crippen LogP contribution in [0.1, 0.15) is 85.5 Å². The average molecular weight is 411 g/mol. The molecule has 6 nitrogen and oxygen atoms in total. The number of piperidine rings is 2. The van der Waals surface area contributed by atoms with Gasteiger partial charge in [-0.1, -0.05) is 19.3 Å². The van der Waals surface area contributed by atoms with Crippen LogP contribution < -0.4 is 11.1 Å². The van der Waals surface area contributed by atoms with Crippen molar-refractivity contribution in [2.24, 2.45) is 5.73 Å². The van der Waals surface area contributed by atoms with E-state index in [2.05, 4.69) is 22.9 Å². The first-order valence-corrected chi connectivity index (χ1v) is 11.8. The molecule has 170 valence electrons. The van der Waals surface area contributed by atoms with Crippen LogP contribution in [0.25, 0.3) is 0 Å². The Kier molecular flexibility index (Phi) is 9.23. The molecule has 6 heteroatoms. The van der Waals surface area contributed by atoms with Crippen molar-refractivity contribution in [3.63, 3.8) is 0 Å². The van der Waals surface area contributed by atoms with E-state index in [0.29, 0.717) is 6.04 Å². The lowest BCUT2D eigenvalue weighted by atomic mass is 9.85. The van der Waals surface area contributed by atoms with Crippen molar-refractivity contribution in [1.82, 2.24) is 15.1 Å². The average Bonchev–Trinajstić information content (AvgIpc) is 2.70. The summed E-state index contributed by atoms with van der Waals surface area (Å²) >= 11 is 0. The van der Waals surface area contributed by atoms with Crippen LogP contribution in [0.2, 0.25) is 0 Å². The van der Waals surface area contributed by atoms with E-state index in [0.717, 1.165) is 32.0 Å². The molecule has 3 rings (SSSR count). The van der Waals surface area contributed by atoms with Gasteiger partial charge in [-0.15, -0.1) is 0 Å². The van der Waals surface area contributed by atoms with E-state index >= 15 is 0 Å². The molecule has 2 heterocycles. The van der Waals surface area contributed by atoms with Crippen LogP contribution in [-0.2, 0) is 4.74 Å². The predicted molar refractivity (Wildman–Crippen MR) is 120 cm³/mol. The van der Waals surface area contributed by atoms with Crippen molar-refractivity contribution in [3.05, 3.63) is 0 Å². The maximum Gasteiger partial charge on any atom is 0.410 e. The molecule has 3 fully saturated rings. The van der Waals surface area contributed by atoms with Gasteiger partial charge in [-0.05, 0) is 73.3 Å². The second-order valence-electron chi connectivity index (χ2n) is 10.2. The number of nitrogens with one attached hydrogen (secondary N) is 1. The van der Waals surface area contributed by atoms with Gasteiger partial charge in [0, 0.05) is 43.8 Å². The van der Waals surface area contributed by atoms with Crippen LogP contribution in [-0.4, -0.2) is 72.3 Å². The number of carbonyl (C=O) groups is 1. The van der Waals surface area contributed by atoms with E-state index in [1.807, 2.05) is 25.7 Å². The third-order valence-electron chi connectivity index (χ3n) is 6.83. The lowest BCUT2D eigenvalue weighted by molar-refractivity contribution is -0.00901. The number of nitrogens with two attached hydrogens (primary N) is 1. The predicted octanol–water partition coefficient (Wildman–Crippen LogP) is 3.74. The SMILES string of the molecule is CC(C)(C)OC(=O)N1CCC(C)(N2CCC(NC3CCCCC3)CC2)CC1.CN. The first-order chi connectivity index (χ1) is 13.8. The third-order valence-corrected chi connectivity index (χ3v) is 6.83. The number of ether oxygens (including phenoxy) is 1. The maximum absolute atomic E-state index is 12.3. The largest absolute Gasteiger partial charge is 0.444 e. The molecule has 1 aliphatic carbocycles. The highest BCUT2D eigenvalue weighted by Gasteiger charge is 2.39. The first-order valence-electron chi connectivity index (χ1n) is 11.8. The van der Waals surface area contributed by atoms with E-state index in [4.69, 9.17) is 4.74 Å². The molecule has 2 aliphatic heterocycles. The van der Waals surface area contributed by atoms with Gasteiger partial charge in [-0.25, -0.2) is 4.79 Å². The van der Waals surface area contributed by atoms with Gasteiger partial charge >= 0.3 is 6.09 Å². The Morgan fingerprint density at radius 3 is 1.97 bits per heavy atom. The highest BCUT2D eigenvalue weighted by molar-refractivity contribution is 5.68. The molecule has 2 saturated heterocycles. The zero-order valence-corrected chi connectivity index (χ0v) is 19.6. The summed E-state index contributed by atoms with van der Waals surface area (Å²) in [6.07, 6.45) is 11.5. The highest BCUT2D eigenvalue weighted by Crippen LogP contribution is 2.32. The Labute approximate surface area is 178 Å². The Balaban J connectivity index is 0.00000145. The minimum Gasteiger partial charge on any atom is -0.444 e. The number of rotatable bonds is 3. The smallest absolute Gasteiger partial charge is 0.410 e. The number of nitrogens with zero attached hydrogens (tertiary/aromatic N) is 2. The summed E-state index contributed by atoms with van der Waals surface area (Å²) in [6, 6.07) is 1.47. The van der Waals surface area contributed by atoms with Gasteiger partial charge in [0.15, 0.2) is 0 Å². The van der Waals surface area contributed by atoms with Gasteiger partial charge in [0.1, 0.15) is 5.60 Å². The topological polar surface area (TPSA) is 70.8 Å². The third kappa shape index (κ3) is 7.41. The Morgan fingerprint density at radius 1 is 0.931 bits per heavy atom. The van der Waals surface area contributed by atoms with E-state index < -0.39 is 5.60 Å². The first kappa shape index (κ1) is 24.4. The second kappa shape index (κ2) is 11.0. The summed E-state index contributed by atoms with van der Waals surface area (Å²) < 4.78 is 5.54. The van der Waals surface area contributed by atoms with Crippen LogP contribution >= 0.6 is 0 Å². The van der Waals surface area contributed by atoms with Gasteiger partial charge in [0.05, 0.1) is 0 Å². The number of hydrogen-bond acceptors (Lipinski definition) is 5. The number of amides is 1. The summed E-state index contributed by atoms with van der Waals surface area (Å²) in [5.41, 5.74) is 4.32. The molecule has 0 bridgehead atoms. The molecule has 3 N–H and O–H groups in total. The lowest BCUT2D eigenvalue weighted by Gasteiger charge is -2.49. The van der Waals surface area contributed by atoms with Crippen LogP contribution in [0.5, 0.6) is 0 Å². The number of likely N-dealkylation sites (tertiary alicyclic amines) is 2. The fraction of sp³-hybridized carbons (Fsp3) is 0.957. The lowest BCUT2D eigenvalue weighted by Crippen LogP contribution is -2.58. The molecule has 29 heavy (non-hydrogen) atoms. The molecule has 0 aromatic carbocycles. The quantitative estimate of drug-likeness (QED) is 0.742. The molecule has 0 aromatic rings.